The molecule has 0 aliphatic rings. The van der Waals surface area contributed by atoms with Crippen LogP contribution < -0.4 is 0 Å². The zero-order chi connectivity index (χ0) is 8.27. The molecule has 1 heterocycles. The van der Waals surface area contributed by atoms with E-state index in [0.717, 1.165) is 17.0 Å². The number of pyridine rings is 1. The molecule has 0 aliphatic carbocycles. The number of hydrogen-bond donors (Lipinski definition) is 0. The molecule has 0 saturated heterocycles. The molecule has 1 rings (SSSR count). The van der Waals surface area contributed by atoms with Crippen LogP contribution in [-0.4, -0.2) is 4.98 Å². The van der Waals surface area contributed by atoms with E-state index in [4.69, 9.17) is 11.6 Å². The fraction of sp³-hybridized carbons (Fsp3) is 0.444. The maximum absolute atomic E-state index is 5.93. The molecule has 1 aromatic rings. The van der Waals surface area contributed by atoms with Crippen molar-refractivity contribution in [3.05, 3.63) is 29.0 Å². The summed E-state index contributed by atoms with van der Waals surface area (Å²) < 4.78 is 0. The minimum Gasteiger partial charge on any atom is -0.264 e. The highest BCUT2D eigenvalue weighted by Crippen LogP contribution is 2.16. The average molecular weight is 170 g/mol. The van der Waals surface area contributed by atoms with Crippen LogP contribution in [0.15, 0.2) is 18.5 Å². The summed E-state index contributed by atoms with van der Waals surface area (Å²) in [6.07, 6.45) is 4.56. The summed E-state index contributed by atoms with van der Waals surface area (Å²) in [5.74, 6) is 0.636. The van der Waals surface area contributed by atoms with E-state index in [2.05, 4.69) is 18.8 Å². The minimum atomic E-state index is 0.636. The first kappa shape index (κ1) is 8.54. The van der Waals surface area contributed by atoms with Gasteiger partial charge in [-0.1, -0.05) is 25.4 Å². The van der Waals surface area contributed by atoms with Crippen molar-refractivity contribution in [1.82, 2.24) is 4.98 Å². The third kappa shape index (κ3) is 2.51. The molecule has 1 aromatic heterocycles. The van der Waals surface area contributed by atoms with Gasteiger partial charge in [-0.2, -0.15) is 0 Å². The largest absolute Gasteiger partial charge is 0.264 e. The summed E-state index contributed by atoms with van der Waals surface area (Å²) in [5, 5.41) is 0.828. The Morgan fingerprint density at radius 1 is 1.55 bits per heavy atom. The quantitative estimate of drug-likeness (QED) is 0.664. The lowest BCUT2D eigenvalue weighted by Gasteiger charge is -2.04. The molecule has 11 heavy (non-hydrogen) atoms. The van der Waals surface area contributed by atoms with Crippen LogP contribution >= 0.6 is 11.6 Å². The molecule has 0 aliphatic heterocycles. The molecule has 0 bridgehead atoms. The SMILES string of the molecule is CC(C)Cc1cnccc1Cl. The van der Waals surface area contributed by atoms with E-state index in [1.807, 2.05) is 12.3 Å². The zero-order valence-electron chi connectivity index (χ0n) is 6.84. The molecule has 0 atom stereocenters. The second-order valence-electron chi connectivity index (χ2n) is 3.07. The van der Waals surface area contributed by atoms with Gasteiger partial charge in [-0.15, -0.1) is 0 Å². The fourth-order valence-corrected chi connectivity index (χ4v) is 1.18. The standard InChI is InChI=1S/C9H12ClN/c1-7(2)5-8-6-11-4-3-9(8)10/h3-4,6-7H,5H2,1-2H3. The van der Waals surface area contributed by atoms with Gasteiger partial charge in [0.1, 0.15) is 0 Å². The molecule has 1 nitrogen and oxygen atoms in total. The highest BCUT2D eigenvalue weighted by molar-refractivity contribution is 6.31. The van der Waals surface area contributed by atoms with Gasteiger partial charge in [0.2, 0.25) is 0 Å². The lowest BCUT2D eigenvalue weighted by Crippen LogP contribution is -1.95. The molecule has 0 spiro atoms. The number of nitrogens with zero attached hydrogens (tertiary/aromatic N) is 1. The molecular formula is C9H12ClN. The van der Waals surface area contributed by atoms with E-state index in [0.29, 0.717) is 5.92 Å². The monoisotopic (exact) mass is 169 g/mol. The van der Waals surface area contributed by atoms with Crippen molar-refractivity contribution in [2.45, 2.75) is 20.3 Å². The van der Waals surface area contributed by atoms with Crippen LogP contribution in [0.1, 0.15) is 19.4 Å². The molecule has 0 radical (unpaired) electrons. The van der Waals surface area contributed by atoms with Crippen LogP contribution in [0.4, 0.5) is 0 Å². The Balaban J connectivity index is 2.78. The third-order valence-corrected chi connectivity index (χ3v) is 1.84. The molecular weight excluding hydrogens is 158 g/mol. The average Bonchev–Trinajstić information content (AvgIpc) is 1.93. The lowest BCUT2D eigenvalue weighted by molar-refractivity contribution is 0.646. The van der Waals surface area contributed by atoms with Crippen molar-refractivity contribution >= 4 is 11.6 Å². The Morgan fingerprint density at radius 2 is 2.27 bits per heavy atom. The molecule has 60 valence electrons. The smallest absolute Gasteiger partial charge is 0.0468 e. The zero-order valence-corrected chi connectivity index (χ0v) is 7.60. The maximum atomic E-state index is 5.93. The van der Waals surface area contributed by atoms with E-state index >= 15 is 0 Å². The van der Waals surface area contributed by atoms with Gasteiger partial charge in [-0.05, 0) is 24.0 Å². The van der Waals surface area contributed by atoms with Crippen molar-refractivity contribution in [3.8, 4) is 0 Å². The maximum Gasteiger partial charge on any atom is 0.0468 e. The number of hydrogen-bond acceptors (Lipinski definition) is 1. The van der Waals surface area contributed by atoms with Crippen LogP contribution in [0, 0.1) is 5.92 Å². The molecule has 0 saturated carbocycles. The Morgan fingerprint density at radius 3 is 2.82 bits per heavy atom. The van der Waals surface area contributed by atoms with Crippen molar-refractivity contribution in [3.63, 3.8) is 0 Å². The molecule has 0 unspecified atom stereocenters. The molecule has 0 amide bonds. The minimum absolute atomic E-state index is 0.636. The van der Waals surface area contributed by atoms with Gasteiger partial charge in [-0.25, -0.2) is 0 Å². The number of rotatable bonds is 2. The molecule has 0 aromatic carbocycles. The van der Waals surface area contributed by atoms with E-state index in [-0.39, 0.29) is 0 Å². The van der Waals surface area contributed by atoms with E-state index < -0.39 is 0 Å². The normalized spacial score (nSPS) is 10.5. The highest BCUT2D eigenvalue weighted by atomic mass is 35.5. The Labute approximate surface area is 72.4 Å². The van der Waals surface area contributed by atoms with Gasteiger partial charge < -0.3 is 0 Å². The Kier molecular flexibility index (Phi) is 2.89. The second kappa shape index (κ2) is 3.72. The van der Waals surface area contributed by atoms with Gasteiger partial charge in [-0.3, -0.25) is 4.98 Å². The molecule has 2 heteroatoms. The third-order valence-electron chi connectivity index (χ3n) is 1.47. The highest BCUT2D eigenvalue weighted by Gasteiger charge is 2.01. The van der Waals surface area contributed by atoms with Crippen molar-refractivity contribution in [2.75, 3.05) is 0 Å². The van der Waals surface area contributed by atoms with Crippen LogP contribution in [0.3, 0.4) is 0 Å². The Hall–Kier alpha value is -0.560. The van der Waals surface area contributed by atoms with Gasteiger partial charge >= 0.3 is 0 Å². The Bertz CT molecular complexity index is 233. The second-order valence-corrected chi connectivity index (χ2v) is 3.47. The van der Waals surface area contributed by atoms with Crippen LogP contribution in [0.25, 0.3) is 0 Å². The van der Waals surface area contributed by atoms with Gasteiger partial charge in [0.25, 0.3) is 0 Å². The van der Waals surface area contributed by atoms with Gasteiger partial charge in [0, 0.05) is 17.4 Å². The van der Waals surface area contributed by atoms with Gasteiger partial charge in [0.15, 0.2) is 0 Å². The lowest BCUT2D eigenvalue weighted by atomic mass is 10.1. The fourth-order valence-electron chi connectivity index (χ4n) is 1.00. The van der Waals surface area contributed by atoms with E-state index in [9.17, 15) is 0 Å². The number of halogens is 1. The molecule has 0 N–H and O–H groups in total. The predicted molar refractivity (Wildman–Crippen MR) is 47.8 cm³/mol. The summed E-state index contributed by atoms with van der Waals surface area (Å²) in [5.41, 5.74) is 1.14. The summed E-state index contributed by atoms with van der Waals surface area (Å²) >= 11 is 5.93. The summed E-state index contributed by atoms with van der Waals surface area (Å²) in [7, 11) is 0. The summed E-state index contributed by atoms with van der Waals surface area (Å²) in [6.45, 7) is 4.34. The van der Waals surface area contributed by atoms with Crippen molar-refractivity contribution in [2.24, 2.45) is 5.92 Å². The van der Waals surface area contributed by atoms with Crippen LogP contribution in [0.2, 0.25) is 5.02 Å². The summed E-state index contributed by atoms with van der Waals surface area (Å²) in [6, 6.07) is 1.83. The van der Waals surface area contributed by atoms with Crippen LogP contribution in [0.5, 0.6) is 0 Å². The number of aromatic nitrogens is 1. The summed E-state index contributed by atoms with van der Waals surface area (Å²) in [4.78, 5) is 4.01. The van der Waals surface area contributed by atoms with E-state index in [1.165, 1.54) is 0 Å². The van der Waals surface area contributed by atoms with Crippen LogP contribution in [-0.2, 0) is 6.42 Å². The van der Waals surface area contributed by atoms with Gasteiger partial charge in [0.05, 0.1) is 0 Å². The van der Waals surface area contributed by atoms with Crippen molar-refractivity contribution in [1.29, 1.82) is 0 Å². The molecule has 0 fully saturated rings. The predicted octanol–water partition coefficient (Wildman–Crippen LogP) is 2.93. The first-order valence-electron chi connectivity index (χ1n) is 3.78. The van der Waals surface area contributed by atoms with E-state index in [1.54, 1.807) is 6.20 Å². The first-order chi connectivity index (χ1) is 5.20. The topological polar surface area (TPSA) is 12.9 Å². The first-order valence-corrected chi connectivity index (χ1v) is 4.16. The van der Waals surface area contributed by atoms with Crippen molar-refractivity contribution < 1.29 is 0 Å².